The molecule has 5 rings (SSSR count). The SMILES string of the molecule is O=C(c1cc(-c2ccccn2)n[nH]1)N1CCc2nc(-c3cccnc3)nn2CC1. The van der Waals surface area contributed by atoms with Gasteiger partial charge in [-0.3, -0.25) is 19.9 Å². The first-order chi connectivity index (χ1) is 14.3. The van der Waals surface area contributed by atoms with Crippen molar-refractivity contribution in [3.63, 3.8) is 0 Å². The molecule has 1 aliphatic heterocycles. The van der Waals surface area contributed by atoms with Crippen LogP contribution in [-0.4, -0.2) is 58.8 Å². The minimum atomic E-state index is -0.0853. The van der Waals surface area contributed by atoms with E-state index in [0.717, 1.165) is 17.1 Å². The molecule has 0 bridgehead atoms. The fourth-order valence-corrected chi connectivity index (χ4v) is 3.37. The summed E-state index contributed by atoms with van der Waals surface area (Å²) in [5.74, 6) is 1.46. The van der Waals surface area contributed by atoms with Crippen LogP contribution in [-0.2, 0) is 13.0 Å². The molecule has 0 atom stereocenters. The van der Waals surface area contributed by atoms with Crippen molar-refractivity contribution in [3.8, 4) is 22.8 Å². The van der Waals surface area contributed by atoms with Crippen molar-refractivity contribution in [2.75, 3.05) is 13.1 Å². The van der Waals surface area contributed by atoms with Crippen LogP contribution in [0.25, 0.3) is 22.8 Å². The third-order valence-corrected chi connectivity index (χ3v) is 4.88. The van der Waals surface area contributed by atoms with Crippen molar-refractivity contribution >= 4 is 5.91 Å². The van der Waals surface area contributed by atoms with E-state index in [1.165, 1.54) is 0 Å². The summed E-state index contributed by atoms with van der Waals surface area (Å²) in [5, 5.41) is 11.7. The Hall–Kier alpha value is -3.88. The molecular weight excluding hydrogens is 368 g/mol. The van der Waals surface area contributed by atoms with Gasteiger partial charge in [0.15, 0.2) is 5.82 Å². The monoisotopic (exact) mass is 386 g/mol. The van der Waals surface area contributed by atoms with Gasteiger partial charge in [-0.05, 0) is 30.3 Å². The maximum absolute atomic E-state index is 12.9. The van der Waals surface area contributed by atoms with Crippen LogP contribution in [0.15, 0.2) is 55.0 Å². The van der Waals surface area contributed by atoms with Crippen LogP contribution in [0.3, 0.4) is 0 Å². The molecule has 0 aromatic carbocycles. The van der Waals surface area contributed by atoms with Crippen molar-refractivity contribution in [1.82, 2.24) is 39.8 Å². The number of H-pyrrole nitrogens is 1. The van der Waals surface area contributed by atoms with Crippen LogP contribution in [0.1, 0.15) is 16.3 Å². The molecule has 9 nitrogen and oxygen atoms in total. The molecule has 1 N–H and O–H groups in total. The quantitative estimate of drug-likeness (QED) is 0.576. The van der Waals surface area contributed by atoms with Crippen molar-refractivity contribution in [2.45, 2.75) is 13.0 Å². The largest absolute Gasteiger partial charge is 0.335 e. The molecule has 0 aliphatic carbocycles. The lowest BCUT2D eigenvalue weighted by molar-refractivity contribution is 0.0752. The lowest BCUT2D eigenvalue weighted by atomic mass is 10.2. The summed E-state index contributed by atoms with van der Waals surface area (Å²) in [5.41, 5.74) is 2.72. The molecule has 4 aromatic rings. The molecule has 0 spiro atoms. The van der Waals surface area contributed by atoms with Gasteiger partial charge in [0.05, 0.1) is 12.2 Å². The number of fused-ring (bicyclic) bond motifs is 1. The molecule has 0 radical (unpaired) electrons. The summed E-state index contributed by atoms with van der Waals surface area (Å²) in [7, 11) is 0. The molecule has 1 amide bonds. The van der Waals surface area contributed by atoms with Gasteiger partial charge in [-0.1, -0.05) is 6.07 Å². The Morgan fingerprint density at radius 3 is 2.83 bits per heavy atom. The standard InChI is InChI=1S/C20H18N8O/c29-20(17-12-16(24-25-17)15-5-1-2-8-22-15)27-9-6-18-23-19(26-28(18)11-10-27)14-4-3-7-21-13-14/h1-5,7-8,12-13H,6,9-11H2,(H,24,25). The predicted molar refractivity (Wildman–Crippen MR) is 105 cm³/mol. The van der Waals surface area contributed by atoms with E-state index in [4.69, 9.17) is 0 Å². The van der Waals surface area contributed by atoms with E-state index in [2.05, 4.69) is 30.2 Å². The van der Waals surface area contributed by atoms with Crippen LogP contribution in [0, 0.1) is 0 Å². The highest BCUT2D eigenvalue weighted by Crippen LogP contribution is 2.18. The van der Waals surface area contributed by atoms with Gasteiger partial charge in [0.2, 0.25) is 0 Å². The second-order valence-corrected chi connectivity index (χ2v) is 6.74. The van der Waals surface area contributed by atoms with E-state index in [9.17, 15) is 4.79 Å². The number of hydrogen-bond donors (Lipinski definition) is 1. The van der Waals surface area contributed by atoms with Crippen LogP contribution >= 0.6 is 0 Å². The number of carbonyl (C=O) groups is 1. The second-order valence-electron chi connectivity index (χ2n) is 6.74. The van der Waals surface area contributed by atoms with E-state index in [0.29, 0.717) is 43.3 Å². The van der Waals surface area contributed by atoms with E-state index in [1.54, 1.807) is 29.6 Å². The first-order valence-electron chi connectivity index (χ1n) is 9.38. The first kappa shape index (κ1) is 17.2. The van der Waals surface area contributed by atoms with Gasteiger partial charge in [-0.2, -0.15) is 10.2 Å². The third kappa shape index (κ3) is 3.38. The number of nitrogens with one attached hydrogen (secondary N) is 1. The van der Waals surface area contributed by atoms with E-state index < -0.39 is 0 Å². The van der Waals surface area contributed by atoms with Crippen LogP contribution in [0.2, 0.25) is 0 Å². The Bertz CT molecular complexity index is 1110. The minimum Gasteiger partial charge on any atom is -0.335 e. The zero-order chi connectivity index (χ0) is 19.6. The Balaban J connectivity index is 1.30. The molecule has 29 heavy (non-hydrogen) atoms. The van der Waals surface area contributed by atoms with Gasteiger partial charge in [0.1, 0.15) is 17.2 Å². The molecule has 0 unspecified atom stereocenters. The van der Waals surface area contributed by atoms with Gasteiger partial charge in [0.25, 0.3) is 5.91 Å². The smallest absolute Gasteiger partial charge is 0.271 e. The van der Waals surface area contributed by atoms with Gasteiger partial charge in [0, 0.05) is 43.7 Å². The minimum absolute atomic E-state index is 0.0853. The molecule has 0 saturated heterocycles. The van der Waals surface area contributed by atoms with Gasteiger partial charge >= 0.3 is 0 Å². The summed E-state index contributed by atoms with van der Waals surface area (Å²) in [6.45, 7) is 1.72. The number of aromatic nitrogens is 7. The zero-order valence-electron chi connectivity index (χ0n) is 15.6. The van der Waals surface area contributed by atoms with Crippen LogP contribution in [0.4, 0.5) is 0 Å². The Morgan fingerprint density at radius 2 is 2.00 bits per heavy atom. The van der Waals surface area contributed by atoms with Crippen molar-refractivity contribution in [1.29, 1.82) is 0 Å². The van der Waals surface area contributed by atoms with Crippen molar-refractivity contribution in [3.05, 3.63) is 66.5 Å². The number of pyridine rings is 2. The lowest BCUT2D eigenvalue weighted by Crippen LogP contribution is -2.34. The van der Waals surface area contributed by atoms with Crippen LogP contribution < -0.4 is 0 Å². The molecule has 144 valence electrons. The number of aromatic amines is 1. The normalized spacial score (nSPS) is 13.7. The zero-order valence-corrected chi connectivity index (χ0v) is 15.6. The number of rotatable bonds is 3. The maximum Gasteiger partial charge on any atom is 0.271 e. The number of carbonyl (C=O) groups excluding carboxylic acids is 1. The number of amides is 1. The summed E-state index contributed by atoms with van der Waals surface area (Å²) < 4.78 is 1.88. The Morgan fingerprint density at radius 1 is 1.03 bits per heavy atom. The summed E-state index contributed by atoms with van der Waals surface area (Å²) >= 11 is 0. The van der Waals surface area contributed by atoms with Gasteiger partial charge in [-0.15, -0.1) is 0 Å². The molecule has 1 aliphatic rings. The molecular formula is C20H18N8O. The van der Waals surface area contributed by atoms with Gasteiger partial charge < -0.3 is 4.90 Å². The average molecular weight is 386 g/mol. The van der Waals surface area contributed by atoms with Crippen molar-refractivity contribution in [2.24, 2.45) is 0 Å². The fraction of sp³-hybridized carbons (Fsp3) is 0.200. The Kier molecular flexibility index (Phi) is 4.32. The second kappa shape index (κ2) is 7.27. The number of nitrogens with zero attached hydrogens (tertiary/aromatic N) is 7. The fourth-order valence-electron chi connectivity index (χ4n) is 3.37. The van der Waals surface area contributed by atoms with Crippen molar-refractivity contribution < 1.29 is 4.79 Å². The van der Waals surface area contributed by atoms with E-state index in [1.807, 2.05) is 35.0 Å². The highest BCUT2D eigenvalue weighted by atomic mass is 16.2. The highest BCUT2D eigenvalue weighted by molar-refractivity contribution is 5.93. The molecule has 0 saturated carbocycles. The summed E-state index contributed by atoms with van der Waals surface area (Å²) in [6.07, 6.45) is 5.82. The lowest BCUT2D eigenvalue weighted by Gasteiger charge is -2.18. The Labute approximate surface area is 166 Å². The highest BCUT2D eigenvalue weighted by Gasteiger charge is 2.23. The topological polar surface area (TPSA) is 105 Å². The number of hydrogen-bond acceptors (Lipinski definition) is 6. The van der Waals surface area contributed by atoms with E-state index >= 15 is 0 Å². The van der Waals surface area contributed by atoms with Crippen LogP contribution in [0.5, 0.6) is 0 Å². The molecule has 9 heteroatoms. The third-order valence-electron chi connectivity index (χ3n) is 4.88. The molecule has 0 fully saturated rings. The molecule has 5 heterocycles. The summed E-state index contributed by atoms with van der Waals surface area (Å²) in [6, 6.07) is 11.1. The molecule has 4 aromatic heterocycles. The summed E-state index contributed by atoms with van der Waals surface area (Å²) in [4.78, 5) is 27.8. The average Bonchev–Trinajstić information content (AvgIpc) is 3.38. The maximum atomic E-state index is 12.9. The van der Waals surface area contributed by atoms with E-state index in [-0.39, 0.29) is 5.91 Å². The predicted octanol–water partition coefficient (Wildman–Crippen LogP) is 1.82. The first-order valence-corrected chi connectivity index (χ1v) is 9.38. The van der Waals surface area contributed by atoms with Gasteiger partial charge in [-0.25, -0.2) is 9.67 Å².